The van der Waals surface area contributed by atoms with Crippen molar-refractivity contribution in [3.05, 3.63) is 46.5 Å². The summed E-state index contributed by atoms with van der Waals surface area (Å²) in [6.07, 6.45) is 3.12. The molecule has 5 nitrogen and oxygen atoms in total. The van der Waals surface area contributed by atoms with Gasteiger partial charge in [-0.2, -0.15) is 5.10 Å². The molecule has 1 aliphatic carbocycles. The maximum Gasteiger partial charge on any atom is 0.272 e. The molecule has 0 radical (unpaired) electrons. The summed E-state index contributed by atoms with van der Waals surface area (Å²) in [5, 5.41) is 10.3. The molecule has 2 aromatic rings. The molecular formula is C17H22N4O. The molecule has 1 atom stereocenters. The molecule has 0 unspecified atom stereocenters. The number of nitrogens with one attached hydrogen (secondary N) is 2. The summed E-state index contributed by atoms with van der Waals surface area (Å²) in [6.45, 7) is 5.96. The van der Waals surface area contributed by atoms with Crippen LogP contribution in [0.1, 0.15) is 58.9 Å². The summed E-state index contributed by atoms with van der Waals surface area (Å²) in [6, 6.07) is 5.94. The first-order chi connectivity index (χ1) is 10.6. The number of pyridine rings is 1. The van der Waals surface area contributed by atoms with Crippen LogP contribution in [0.15, 0.2) is 18.2 Å². The van der Waals surface area contributed by atoms with E-state index in [0.29, 0.717) is 11.6 Å². The van der Waals surface area contributed by atoms with Gasteiger partial charge in [-0.3, -0.25) is 14.9 Å². The Labute approximate surface area is 130 Å². The van der Waals surface area contributed by atoms with Gasteiger partial charge >= 0.3 is 0 Å². The Kier molecular flexibility index (Phi) is 3.96. The molecular weight excluding hydrogens is 276 g/mol. The number of H-pyrrole nitrogens is 1. The lowest BCUT2D eigenvalue weighted by molar-refractivity contribution is 0.0925. The van der Waals surface area contributed by atoms with Crippen LogP contribution >= 0.6 is 0 Å². The predicted octanol–water partition coefficient (Wildman–Crippen LogP) is 2.87. The van der Waals surface area contributed by atoms with Crippen LogP contribution in [0.25, 0.3) is 0 Å². The van der Waals surface area contributed by atoms with E-state index in [1.54, 1.807) is 0 Å². The lowest BCUT2D eigenvalue weighted by Gasteiger charge is -2.18. The summed E-state index contributed by atoms with van der Waals surface area (Å²) >= 11 is 0. The van der Waals surface area contributed by atoms with Crippen molar-refractivity contribution in [3.63, 3.8) is 0 Å². The van der Waals surface area contributed by atoms with Crippen LogP contribution in [0.3, 0.4) is 0 Å². The Morgan fingerprint density at radius 3 is 2.77 bits per heavy atom. The number of carbonyl (C=O) groups excluding carboxylic acids is 1. The molecule has 5 heteroatoms. The quantitative estimate of drug-likeness (QED) is 0.891. The molecule has 3 rings (SSSR count). The minimum Gasteiger partial charge on any atom is -0.342 e. The fraction of sp³-hybridized carbons (Fsp3) is 0.471. The number of amides is 1. The van der Waals surface area contributed by atoms with Gasteiger partial charge < -0.3 is 5.32 Å². The van der Waals surface area contributed by atoms with Crippen LogP contribution in [0.4, 0.5) is 0 Å². The Morgan fingerprint density at radius 2 is 2.18 bits per heavy atom. The van der Waals surface area contributed by atoms with Gasteiger partial charge in [-0.1, -0.05) is 13.0 Å². The Morgan fingerprint density at radius 1 is 1.41 bits per heavy atom. The first kappa shape index (κ1) is 14.8. The summed E-state index contributed by atoms with van der Waals surface area (Å²) in [4.78, 5) is 17.2. The van der Waals surface area contributed by atoms with Gasteiger partial charge in [0.1, 0.15) is 0 Å². The fourth-order valence-electron chi connectivity index (χ4n) is 2.81. The topological polar surface area (TPSA) is 70.7 Å². The van der Waals surface area contributed by atoms with Crippen LogP contribution in [0.5, 0.6) is 0 Å². The van der Waals surface area contributed by atoms with Gasteiger partial charge in [-0.15, -0.1) is 0 Å². The molecule has 0 aromatic carbocycles. The highest BCUT2D eigenvalue weighted by Gasteiger charge is 2.35. The number of carbonyl (C=O) groups is 1. The Bertz CT molecular complexity index is 688. The van der Waals surface area contributed by atoms with Crippen molar-refractivity contribution < 1.29 is 4.79 Å². The SMILES string of the molecule is CCc1[nH]nc(C(=O)N[C@@H](c2cccc(C)n2)C2CC2)c1C. The van der Waals surface area contributed by atoms with E-state index in [0.717, 1.165) is 41.9 Å². The van der Waals surface area contributed by atoms with E-state index in [9.17, 15) is 4.79 Å². The second-order valence-electron chi connectivity index (χ2n) is 6.02. The van der Waals surface area contributed by atoms with Crippen molar-refractivity contribution in [2.45, 2.75) is 46.1 Å². The lowest BCUT2D eigenvalue weighted by Crippen LogP contribution is -2.31. The Hall–Kier alpha value is -2.17. The number of aromatic nitrogens is 3. The lowest BCUT2D eigenvalue weighted by atomic mass is 10.1. The number of rotatable bonds is 5. The van der Waals surface area contributed by atoms with E-state index in [1.807, 2.05) is 39.0 Å². The number of nitrogens with zero attached hydrogens (tertiary/aromatic N) is 2. The maximum absolute atomic E-state index is 12.6. The molecule has 1 fully saturated rings. The van der Waals surface area contributed by atoms with Gasteiger partial charge in [0.15, 0.2) is 5.69 Å². The molecule has 0 aliphatic heterocycles. The van der Waals surface area contributed by atoms with Crippen molar-refractivity contribution >= 4 is 5.91 Å². The van der Waals surface area contributed by atoms with Gasteiger partial charge in [0.2, 0.25) is 0 Å². The first-order valence-electron chi connectivity index (χ1n) is 7.88. The number of hydrogen-bond donors (Lipinski definition) is 2. The molecule has 0 bridgehead atoms. The van der Waals surface area contributed by atoms with E-state index in [4.69, 9.17) is 0 Å². The molecule has 2 N–H and O–H groups in total. The van der Waals surface area contributed by atoms with Crippen LogP contribution < -0.4 is 5.32 Å². The minimum atomic E-state index is -0.117. The number of aromatic amines is 1. The fourth-order valence-corrected chi connectivity index (χ4v) is 2.81. The van der Waals surface area contributed by atoms with E-state index < -0.39 is 0 Å². The van der Waals surface area contributed by atoms with Gasteiger partial charge in [-0.25, -0.2) is 0 Å². The third kappa shape index (κ3) is 2.89. The maximum atomic E-state index is 12.6. The van der Waals surface area contributed by atoms with E-state index in [-0.39, 0.29) is 11.9 Å². The molecule has 22 heavy (non-hydrogen) atoms. The van der Waals surface area contributed by atoms with E-state index in [1.165, 1.54) is 0 Å². The second-order valence-corrected chi connectivity index (χ2v) is 6.02. The monoisotopic (exact) mass is 298 g/mol. The van der Waals surface area contributed by atoms with E-state index >= 15 is 0 Å². The smallest absolute Gasteiger partial charge is 0.272 e. The predicted molar refractivity (Wildman–Crippen MR) is 84.6 cm³/mol. The molecule has 1 amide bonds. The molecule has 2 aromatic heterocycles. The zero-order valence-corrected chi connectivity index (χ0v) is 13.3. The van der Waals surface area contributed by atoms with Gasteiger partial charge in [0.25, 0.3) is 5.91 Å². The molecule has 116 valence electrons. The average molecular weight is 298 g/mol. The number of hydrogen-bond acceptors (Lipinski definition) is 3. The van der Waals surface area contributed by atoms with Gasteiger partial charge in [0, 0.05) is 17.0 Å². The largest absolute Gasteiger partial charge is 0.342 e. The first-order valence-corrected chi connectivity index (χ1v) is 7.88. The zero-order valence-electron chi connectivity index (χ0n) is 13.3. The summed E-state index contributed by atoms with van der Waals surface area (Å²) in [7, 11) is 0. The van der Waals surface area contributed by atoms with Crippen molar-refractivity contribution in [1.29, 1.82) is 0 Å². The summed E-state index contributed by atoms with van der Waals surface area (Å²) in [5.74, 6) is 0.372. The zero-order chi connectivity index (χ0) is 15.7. The molecule has 0 spiro atoms. The normalized spacial score (nSPS) is 15.6. The van der Waals surface area contributed by atoms with Gasteiger partial charge in [-0.05, 0) is 51.2 Å². The standard InChI is InChI=1S/C17H22N4O/c1-4-13-11(3)15(21-20-13)17(22)19-16(12-8-9-12)14-7-5-6-10(2)18-14/h5-7,12,16H,4,8-9H2,1-3H3,(H,19,22)(H,20,21)/t16-/m1/s1. The highest BCUT2D eigenvalue weighted by molar-refractivity contribution is 5.94. The van der Waals surface area contributed by atoms with Crippen molar-refractivity contribution in [3.8, 4) is 0 Å². The van der Waals surface area contributed by atoms with Crippen LogP contribution in [0, 0.1) is 19.8 Å². The second kappa shape index (κ2) is 5.91. The van der Waals surface area contributed by atoms with E-state index in [2.05, 4.69) is 20.5 Å². The third-order valence-corrected chi connectivity index (χ3v) is 4.29. The molecule has 1 aliphatic rings. The highest BCUT2D eigenvalue weighted by Crippen LogP contribution is 2.40. The molecule has 1 saturated carbocycles. The van der Waals surface area contributed by atoms with Gasteiger partial charge in [0.05, 0.1) is 11.7 Å². The molecule has 0 saturated heterocycles. The minimum absolute atomic E-state index is 0.0198. The Balaban J connectivity index is 1.82. The highest BCUT2D eigenvalue weighted by atomic mass is 16.2. The van der Waals surface area contributed by atoms with Crippen LogP contribution in [-0.2, 0) is 6.42 Å². The van der Waals surface area contributed by atoms with Crippen molar-refractivity contribution in [2.24, 2.45) is 5.92 Å². The average Bonchev–Trinajstić information content (AvgIpc) is 3.27. The van der Waals surface area contributed by atoms with Crippen LogP contribution in [0.2, 0.25) is 0 Å². The molecule has 2 heterocycles. The summed E-state index contributed by atoms with van der Waals surface area (Å²) in [5.41, 5.74) is 4.37. The van der Waals surface area contributed by atoms with Crippen LogP contribution in [-0.4, -0.2) is 21.1 Å². The third-order valence-electron chi connectivity index (χ3n) is 4.29. The van der Waals surface area contributed by atoms with Crippen molar-refractivity contribution in [2.75, 3.05) is 0 Å². The number of aryl methyl sites for hydroxylation is 2. The van der Waals surface area contributed by atoms with Crippen molar-refractivity contribution in [1.82, 2.24) is 20.5 Å². The summed E-state index contributed by atoms with van der Waals surface area (Å²) < 4.78 is 0.